The molecule has 2 rings (SSSR count). The van der Waals surface area contributed by atoms with Crippen LogP contribution in [0.25, 0.3) is 0 Å². The van der Waals surface area contributed by atoms with Crippen molar-refractivity contribution in [3.05, 3.63) is 16.1 Å². The minimum absolute atomic E-state index is 0. The summed E-state index contributed by atoms with van der Waals surface area (Å²) >= 11 is 1.79. The zero-order valence-electron chi connectivity index (χ0n) is 13.1. The summed E-state index contributed by atoms with van der Waals surface area (Å²) in [6.45, 7) is 12.1. The van der Waals surface area contributed by atoms with Crippen LogP contribution in [0.2, 0.25) is 0 Å². The lowest BCUT2D eigenvalue weighted by Crippen LogP contribution is -2.39. The molecule has 0 amide bonds. The topological polar surface area (TPSA) is 42.1 Å². The van der Waals surface area contributed by atoms with E-state index in [1.54, 1.807) is 11.3 Å². The van der Waals surface area contributed by atoms with Crippen molar-refractivity contribution < 1.29 is 0 Å². The van der Waals surface area contributed by atoms with Gasteiger partial charge in [-0.25, -0.2) is 4.98 Å². The van der Waals surface area contributed by atoms with Gasteiger partial charge in [-0.05, 0) is 38.8 Å². The fourth-order valence-corrected chi connectivity index (χ4v) is 3.49. The van der Waals surface area contributed by atoms with E-state index in [4.69, 9.17) is 10.7 Å². The summed E-state index contributed by atoms with van der Waals surface area (Å²) in [5.74, 6) is 0.705. The lowest BCUT2D eigenvalue weighted by molar-refractivity contribution is 0.164. The monoisotopic (exact) mass is 317 g/mol. The molecule has 2 heterocycles. The van der Waals surface area contributed by atoms with Crippen molar-refractivity contribution in [1.82, 2.24) is 9.88 Å². The molecule has 3 nitrogen and oxygen atoms in total. The summed E-state index contributed by atoms with van der Waals surface area (Å²) in [4.78, 5) is 7.30. The highest BCUT2D eigenvalue weighted by atomic mass is 35.5. The number of rotatable bonds is 3. The van der Waals surface area contributed by atoms with Gasteiger partial charge in [-0.15, -0.1) is 23.7 Å². The molecule has 1 aromatic rings. The predicted octanol–water partition coefficient (Wildman–Crippen LogP) is 3.42. The molecule has 116 valence electrons. The maximum atomic E-state index is 5.99. The van der Waals surface area contributed by atoms with Crippen LogP contribution in [0.15, 0.2) is 5.38 Å². The quantitative estimate of drug-likeness (QED) is 0.928. The van der Waals surface area contributed by atoms with Crippen molar-refractivity contribution in [2.75, 3.05) is 13.1 Å². The average molecular weight is 318 g/mol. The zero-order valence-corrected chi connectivity index (χ0v) is 14.7. The second-order valence-corrected chi connectivity index (χ2v) is 7.72. The van der Waals surface area contributed by atoms with Gasteiger partial charge in [0.05, 0.1) is 10.7 Å². The van der Waals surface area contributed by atoms with Crippen LogP contribution < -0.4 is 5.73 Å². The number of piperidine rings is 1. The van der Waals surface area contributed by atoms with Crippen molar-refractivity contribution in [1.29, 1.82) is 0 Å². The van der Waals surface area contributed by atoms with Crippen molar-refractivity contribution >= 4 is 23.7 Å². The number of likely N-dealkylation sites (tertiary alicyclic amines) is 1. The number of thiazole rings is 1. The van der Waals surface area contributed by atoms with E-state index in [-0.39, 0.29) is 17.8 Å². The Morgan fingerprint density at radius 1 is 1.40 bits per heavy atom. The van der Waals surface area contributed by atoms with Crippen LogP contribution >= 0.6 is 23.7 Å². The van der Waals surface area contributed by atoms with Crippen LogP contribution in [0.1, 0.15) is 51.2 Å². The van der Waals surface area contributed by atoms with Crippen LogP contribution in [-0.4, -0.2) is 29.0 Å². The van der Waals surface area contributed by atoms with Crippen LogP contribution in [0.3, 0.4) is 0 Å². The highest BCUT2D eigenvalue weighted by Gasteiger charge is 2.23. The normalized spacial score (nSPS) is 19.6. The van der Waals surface area contributed by atoms with Gasteiger partial charge < -0.3 is 5.73 Å². The molecule has 1 aliphatic rings. The van der Waals surface area contributed by atoms with Crippen molar-refractivity contribution in [2.24, 2.45) is 11.7 Å². The number of nitrogens with two attached hydrogens (primary N) is 1. The van der Waals surface area contributed by atoms with E-state index in [9.17, 15) is 0 Å². The van der Waals surface area contributed by atoms with Gasteiger partial charge in [0.2, 0.25) is 0 Å². The Morgan fingerprint density at radius 3 is 2.45 bits per heavy atom. The molecule has 1 aromatic heterocycles. The van der Waals surface area contributed by atoms with Gasteiger partial charge in [0.1, 0.15) is 0 Å². The molecule has 5 heteroatoms. The Balaban J connectivity index is 0.00000200. The van der Waals surface area contributed by atoms with E-state index in [1.807, 2.05) is 0 Å². The standard InChI is InChI=1S/C15H27N3S.ClH/c1-11(16)12-5-7-18(8-6-12)9-13-10-19-14(17-13)15(2,3)4;/h10-12H,5-9,16H2,1-4H3;1H. The molecule has 0 bridgehead atoms. The minimum Gasteiger partial charge on any atom is -0.328 e. The first-order valence-corrected chi connectivity index (χ1v) is 8.17. The maximum Gasteiger partial charge on any atom is 0.0982 e. The molecule has 1 aliphatic heterocycles. The Kier molecular flexibility index (Phi) is 6.45. The fraction of sp³-hybridized carbons (Fsp3) is 0.800. The Morgan fingerprint density at radius 2 is 2.00 bits per heavy atom. The predicted molar refractivity (Wildman–Crippen MR) is 89.7 cm³/mol. The summed E-state index contributed by atoms with van der Waals surface area (Å²) in [6.07, 6.45) is 2.46. The van der Waals surface area contributed by atoms with Crippen molar-refractivity contribution in [3.8, 4) is 0 Å². The third kappa shape index (κ3) is 4.69. The van der Waals surface area contributed by atoms with Gasteiger partial charge in [0, 0.05) is 23.4 Å². The van der Waals surface area contributed by atoms with Gasteiger partial charge in [-0.2, -0.15) is 0 Å². The number of nitrogens with zero attached hydrogens (tertiary/aromatic N) is 2. The highest BCUT2D eigenvalue weighted by Crippen LogP contribution is 2.27. The first-order valence-electron chi connectivity index (χ1n) is 7.29. The Labute approximate surface area is 133 Å². The van der Waals surface area contributed by atoms with Gasteiger partial charge in [-0.1, -0.05) is 20.8 Å². The van der Waals surface area contributed by atoms with Gasteiger partial charge >= 0.3 is 0 Å². The number of hydrogen-bond donors (Lipinski definition) is 1. The van der Waals surface area contributed by atoms with Gasteiger partial charge in [-0.3, -0.25) is 4.90 Å². The third-order valence-corrected chi connectivity index (χ3v) is 5.27. The molecule has 0 aliphatic carbocycles. The second kappa shape index (κ2) is 7.21. The largest absolute Gasteiger partial charge is 0.328 e. The molecule has 20 heavy (non-hydrogen) atoms. The molecule has 0 spiro atoms. The Bertz CT molecular complexity index is 403. The first-order chi connectivity index (χ1) is 8.86. The summed E-state index contributed by atoms with van der Waals surface area (Å²) in [5.41, 5.74) is 7.39. The number of aromatic nitrogens is 1. The molecule has 1 fully saturated rings. The lowest BCUT2D eigenvalue weighted by Gasteiger charge is -2.33. The average Bonchev–Trinajstić information content (AvgIpc) is 2.78. The van der Waals surface area contributed by atoms with E-state index < -0.39 is 0 Å². The molecule has 0 aromatic carbocycles. The smallest absolute Gasteiger partial charge is 0.0982 e. The zero-order chi connectivity index (χ0) is 14.0. The van der Waals surface area contributed by atoms with Gasteiger partial charge in [0.15, 0.2) is 0 Å². The molecular formula is C15H28ClN3S. The summed E-state index contributed by atoms with van der Waals surface area (Å²) in [6, 6.07) is 0.342. The van der Waals surface area contributed by atoms with E-state index in [0.29, 0.717) is 12.0 Å². The third-order valence-electron chi connectivity index (χ3n) is 3.95. The number of halogens is 1. The molecule has 1 atom stereocenters. The molecule has 0 radical (unpaired) electrons. The van der Waals surface area contributed by atoms with Gasteiger partial charge in [0.25, 0.3) is 0 Å². The van der Waals surface area contributed by atoms with E-state index in [0.717, 1.165) is 19.6 Å². The van der Waals surface area contributed by atoms with E-state index in [1.165, 1.54) is 23.5 Å². The molecule has 1 saturated heterocycles. The second-order valence-electron chi connectivity index (χ2n) is 6.87. The molecule has 0 saturated carbocycles. The van der Waals surface area contributed by atoms with E-state index in [2.05, 4.69) is 38.0 Å². The SMILES string of the molecule is CC(N)C1CCN(Cc2csc(C(C)(C)C)n2)CC1.Cl. The highest BCUT2D eigenvalue weighted by molar-refractivity contribution is 7.09. The molecular weight excluding hydrogens is 290 g/mol. The first kappa shape index (κ1) is 17.9. The van der Waals surface area contributed by atoms with Crippen LogP contribution in [0.5, 0.6) is 0 Å². The Hall–Kier alpha value is -0.160. The van der Waals surface area contributed by atoms with Crippen LogP contribution in [0.4, 0.5) is 0 Å². The fourth-order valence-electron chi connectivity index (χ4n) is 2.59. The number of hydrogen-bond acceptors (Lipinski definition) is 4. The minimum atomic E-state index is 0. The lowest BCUT2D eigenvalue weighted by atomic mass is 9.91. The summed E-state index contributed by atoms with van der Waals surface area (Å²) in [7, 11) is 0. The van der Waals surface area contributed by atoms with Crippen molar-refractivity contribution in [3.63, 3.8) is 0 Å². The maximum absolute atomic E-state index is 5.99. The summed E-state index contributed by atoms with van der Waals surface area (Å²) < 4.78 is 0. The molecule has 1 unspecified atom stereocenters. The van der Waals surface area contributed by atoms with E-state index >= 15 is 0 Å². The van der Waals surface area contributed by atoms with Crippen molar-refractivity contribution in [2.45, 2.75) is 58.5 Å². The molecule has 2 N–H and O–H groups in total. The van der Waals surface area contributed by atoms with Crippen LogP contribution in [0, 0.1) is 5.92 Å². The van der Waals surface area contributed by atoms with Crippen LogP contribution in [-0.2, 0) is 12.0 Å². The summed E-state index contributed by atoms with van der Waals surface area (Å²) in [5, 5.41) is 3.46.